The average Bonchev–Trinajstić information content (AvgIpc) is 3.06. The summed E-state index contributed by atoms with van der Waals surface area (Å²) in [6.45, 7) is 7.00. The van der Waals surface area contributed by atoms with Crippen molar-refractivity contribution in [2.24, 2.45) is 4.99 Å². The monoisotopic (exact) mass is 436 g/mol. The maximum atomic E-state index is 14.2. The fraction of sp³-hybridized carbons (Fsp3) is 0.292. The van der Waals surface area contributed by atoms with Gasteiger partial charge in [-0.1, -0.05) is 18.2 Å². The summed E-state index contributed by atoms with van der Waals surface area (Å²) in [5.41, 5.74) is 4.48. The number of nitrogens with zero attached hydrogens (tertiary/aromatic N) is 4. The second-order valence-corrected chi connectivity index (χ2v) is 7.63. The molecule has 0 atom stereocenters. The molecule has 0 bridgehead atoms. The standard InChI is InChI=1S/C24H29FN6O/c1-6-31-17(3)20(16(2)29-31)15-26-24(27-22-13-8-7-12-21(22)25)28-23(32)18-10-9-11-19(14-18)30(4)5/h7-14H,6,15H2,1-5H3,(H2,26,27,28,32). The van der Waals surface area contributed by atoms with Crippen LogP contribution in [0.4, 0.5) is 15.8 Å². The zero-order valence-corrected chi connectivity index (χ0v) is 19.1. The zero-order valence-electron chi connectivity index (χ0n) is 19.1. The van der Waals surface area contributed by atoms with Crippen LogP contribution in [0.25, 0.3) is 0 Å². The molecule has 0 aliphatic heterocycles. The van der Waals surface area contributed by atoms with E-state index in [1.165, 1.54) is 6.07 Å². The number of halogens is 1. The van der Waals surface area contributed by atoms with Crippen LogP contribution < -0.4 is 15.5 Å². The van der Waals surface area contributed by atoms with Crippen LogP contribution in [0.5, 0.6) is 0 Å². The Morgan fingerprint density at radius 2 is 1.91 bits per heavy atom. The minimum absolute atomic E-state index is 0.165. The van der Waals surface area contributed by atoms with Crippen molar-refractivity contribution in [2.75, 3.05) is 24.3 Å². The van der Waals surface area contributed by atoms with Gasteiger partial charge in [0.25, 0.3) is 5.91 Å². The number of anilines is 2. The summed E-state index contributed by atoms with van der Waals surface area (Å²) in [7, 11) is 3.82. The van der Waals surface area contributed by atoms with E-state index >= 15 is 0 Å². The number of carbonyl (C=O) groups is 1. The third kappa shape index (κ3) is 5.32. The lowest BCUT2D eigenvalue weighted by Gasteiger charge is -2.15. The van der Waals surface area contributed by atoms with E-state index in [-0.39, 0.29) is 17.6 Å². The number of hydrogen-bond donors (Lipinski definition) is 2. The summed E-state index contributed by atoms with van der Waals surface area (Å²) in [5.74, 6) is -0.609. The Kier molecular flexibility index (Phi) is 7.25. The maximum Gasteiger partial charge on any atom is 0.258 e. The van der Waals surface area contributed by atoms with Gasteiger partial charge in [-0.05, 0) is 51.1 Å². The molecule has 1 aromatic heterocycles. The van der Waals surface area contributed by atoms with E-state index < -0.39 is 5.82 Å². The second kappa shape index (κ2) is 10.1. The number of nitrogens with one attached hydrogen (secondary N) is 2. The average molecular weight is 437 g/mol. The number of aryl methyl sites for hydroxylation is 2. The molecule has 0 spiro atoms. The number of aromatic nitrogens is 2. The fourth-order valence-electron chi connectivity index (χ4n) is 3.33. The lowest BCUT2D eigenvalue weighted by molar-refractivity contribution is 0.0977. The van der Waals surface area contributed by atoms with Crippen LogP contribution in [0.1, 0.15) is 34.2 Å². The molecule has 3 rings (SSSR count). The number of amides is 1. The van der Waals surface area contributed by atoms with E-state index in [4.69, 9.17) is 0 Å². The van der Waals surface area contributed by atoms with Crippen LogP contribution in [-0.2, 0) is 13.1 Å². The largest absolute Gasteiger partial charge is 0.378 e. The van der Waals surface area contributed by atoms with Crippen LogP contribution in [0, 0.1) is 19.7 Å². The number of guanidine groups is 1. The fourth-order valence-corrected chi connectivity index (χ4v) is 3.33. The van der Waals surface area contributed by atoms with Crippen molar-refractivity contribution >= 4 is 23.2 Å². The first-order valence-electron chi connectivity index (χ1n) is 10.5. The van der Waals surface area contributed by atoms with Crippen LogP contribution in [0.15, 0.2) is 53.5 Å². The van der Waals surface area contributed by atoms with Gasteiger partial charge in [-0.25, -0.2) is 9.38 Å². The van der Waals surface area contributed by atoms with Gasteiger partial charge in [0.05, 0.1) is 17.9 Å². The number of hydrogen-bond acceptors (Lipinski definition) is 4. The molecule has 2 aromatic carbocycles. The smallest absolute Gasteiger partial charge is 0.258 e. The van der Waals surface area contributed by atoms with Crippen LogP contribution in [-0.4, -0.2) is 35.7 Å². The van der Waals surface area contributed by atoms with Gasteiger partial charge in [0, 0.05) is 43.1 Å². The van der Waals surface area contributed by atoms with Gasteiger partial charge in [0.1, 0.15) is 5.82 Å². The topological polar surface area (TPSA) is 74.5 Å². The molecule has 0 unspecified atom stereocenters. The summed E-state index contributed by atoms with van der Waals surface area (Å²) in [6.07, 6.45) is 0. The van der Waals surface area contributed by atoms with Gasteiger partial charge in [-0.2, -0.15) is 5.10 Å². The Bertz CT molecular complexity index is 1140. The quantitative estimate of drug-likeness (QED) is 0.450. The highest BCUT2D eigenvalue weighted by atomic mass is 19.1. The van der Waals surface area contributed by atoms with Gasteiger partial charge in [0.2, 0.25) is 5.96 Å². The van der Waals surface area contributed by atoms with E-state index in [1.54, 1.807) is 30.3 Å². The molecule has 0 aliphatic rings. The normalized spacial score (nSPS) is 11.4. The highest BCUT2D eigenvalue weighted by Gasteiger charge is 2.14. The van der Waals surface area contributed by atoms with Crippen molar-refractivity contribution in [3.05, 3.63) is 76.9 Å². The highest BCUT2D eigenvalue weighted by Crippen LogP contribution is 2.17. The lowest BCUT2D eigenvalue weighted by atomic mass is 10.2. The Morgan fingerprint density at radius 3 is 2.56 bits per heavy atom. The molecule has 32 heavy (non-hydrogen) atoms. The minimum Gasteiger partial charge on any atom is -0.378 e. The first kappa shape index (κ1) is 23.0. The predicted octanol–water partition coefficient (Wildman–Crippen LogP) is 4.12. The van der Waals surface area contributed by atoms with Crippen LogP contribution in [0.2, 0.25) is 0 Å². The molecule has 2 N–H and O–H groups in total. The Labute approximate surface area is 188 Å². The molecule has 3 aromatic rings. The Morgan fingerprint density at radius 1 is 1.16 bits per heavy atom. The molecular weight excluding hydrogens is 407 g/mol. The van der Waals surface area contributed by atoms with Crippen LogP contribution in [0.3, 0.4) is 0 Å². The number of carbonyl (C=O) groups excluding carboxylic acids is 1. The predicted molar refractivity (Wildman–Crippen MR) is 127 cm³/mol. The summed E-state index contributed by atoms with van der Waals surface area (Å²) in [6, 6.07) is 13.5. The summed E-state index contributed by atoms with van der Waals surface area (Å²) in [4.78, 5) is 19.4. The molecule has 8 heteroatoms. The third-order valence-corrected chi connectivity index (χ3v) is 5.21. The van der Waals surface area contributed by atoms with Crippen molar-refractivity contribution in [1.29, 1.82) is 0 Å². The summed E-state index contributed by atoms with van der Waals surface area (Å²) < 4.78 is 16.2. The van der Waals surface area contributed by atoms with Crippen molar-refractivity contribution in [2.45, 2.75) is 33.9 Å². The van der Waals surface area contributed by atoms with Gasteiger partial charge < -0.3 is 10.2 Å². The van der Waals surface area contributed by atoms with E-state index in [1.807, 2.05) is 56.6 Å². The summed E-state index contributed by atoms with van der Waals surface area (Å²) >= 11 is 0. The van der Waals surface area contributed by atoms with Gasteiger partial charge in [0.15, 0.2) is 0 Å². The van der Waals surface area contributed by atoms with Crippen molar-refractivity contribution in [3.8, 4) is 0 Å². The van der Waals surface area contributed by atoms with Gasteiger partial charge >= 0.3 is 0 Å². The van der Waals surface area contributed by atoms with E-state index in [2.05, 4.69) is 20.7 Å². The Hall–Kier alpha value is -3.68. The molecule has 0 radical (unpaired) electrons. The first-order chi connectivity index (χ1) is 15.3. The van der Waals surface area contributed by atoms with Crippen molar-refractivity contribution in [3.63, 3.8) is 0 Å². The SMILES string of the molecule is CCn1nc(C)c(CN=C(NC(=O)c2cccc(N(C)C)c2)Nc2ccccc2F)c1C. The number of aliphatic imine (C=N–C) groups is 1. The maximum absolute atomic E-state index is 14.2. The van der Waals surface area contributed by atoms with Crippen LogP contribution >= 0.6 is 0 Å². The summed E-state index contributed by atoms with van der Waals surface area (Å²) in [5, 5.41) is 10.2. The molecule has 168 valence electrons. The molecule has 0 saturated heterocycles. The van der Waals surface area contributed by atoms with Gasteiger partial charge in [-0.3, -0.25) is 14.8 Å². The van der Waals surface area contributed by atoms with Crippen molar-refractivity contribution < 1.29 is 9.18 Å². The molecule has 0 aliphatic carbocycles. The second-order valence-electron chi connectivity index (χ2n) is 7.63. The molecule has 1 heterocycles. The molecule has 7 nitrogen and oxygen atoms in total. The third-order valence-electron chi connectivity index (χ3n) is 5.21. The first-order valence-corrected chi connectivity index (χ1v) is 10.5. The highest BCUT2D eigenvalue weighted by molar-refractivity contribution is 6.10. The van der Waals surface area contributed by atoms with E-state index in [0.29, 0.717) is 12.1 Å². The molecular formula is C24H29FN6O. The number of para-hydroxylation sites is 1. The lowest BCUT2D eigenvalue weighted by Crippen LogP contribution is -2.36. The van der Waals surface area contributed by atoms with Gasteiger partial charge in [-0.15, -0.1) is 0 Å². The zero-order chi connectivity index (χ0) is 23.3. The molecule has 0 fully saturated rings. The Balaban J connectivity index is 1.89. The number of benzene rings is 2. The molecule has 0 saturated carbocycles. The van der Waals surface area contributed by atoms with E-state index in [0.717, 1.165) is 29.2 Å². The molecule has 1 amide bonds. The van der Waals surface area contributed by atoms with E-state index in [9.17, 15) is 9.18 Å². The van der Waals surface area contributed by atoms with Crippen molar-refractivity contribution in [1.82, 2.24) is 15.1 Å². The number of rotatable bonds is 6. The minimum atomic E-state index is -0.435.